The Morgan fingerprint density at radius 3 is 1.98 bits per heavy atom. The molecule has 7 rings (SSSR count). The van der Waals surface area contributed by atoms with Gasteiger partial charge in [0.2, 0.25) is 11.8 Å². The van der Waals surface area contributed by atoms with Crippen LogP contribution >= 0.6 is 0 Å². The van der Waals surface area contributed by atoms with Gasteiger partial charge < -0.3 is 19.7 Å². The van der Waals surface area contributed by atoms with E-state index in [0.717, 1.165) is 0 Å². The fraction of sp³-hybridized carbons (Fsp3) is 0. The molecule has 0 unspecified atom stereocenters. The first-order valence-electron chi connectivity index (χ1n) is 12.9. The smallest absolute Gasteiger partial charge is 0.273 e. The largest absolute Gasteiger partial charge is 0.505 e. The lowest BCUT2D eigenvalue weighted by atomic mass is 10.0. The summed E-state index contributed by atoms with van der Waals surface area (Å²) in [7, 11) is 0. The van der Waals surface area contributed by atoms with E-state index in [1.807, 2.05) is 0 Å². The maximum absolute atomic E-state index is 11.4. The minimum absolute atomic E-state index is 0.00315. The van der Waals surface area contributed by atoms with Crippen LogP contribution < -0.4 is 5.73 Å². The molecule has 0 aliphatic carbocycles. The summed E-state index contributed by atoms with van der Waals surface area (Å²) in [5.41, 5.74) is 8.53. The molecule has 0 spiro atoms. The zero-order valence-corrected chi connectivity index (χ0v) is 22.2. The number of nitro benzene ring substituents is 2. The van der Waals surface area contributed by atoms with Crippen molar-refractivity contribution in [1.82, 2.24) is 9.97 Å². The predicted octanol–water partition coefficient (Wildman–Crippen LogP) is 7.98. The number of nitrogens with zero attached hydrogens (tertiary/aromatic N) is 6. The number of hydrogen-bond donors (Lipinski definition) is 2. The fourth-order valence-corrected chi connectivity index (χ4v) is 4.72. The number of phenols is 1. The molecule has 5 aromatic carbocycles. The number of nitro groups is 2. The third kappa shape index (κ3) is 4.57. The Balaban J connectivity index is 1.40. The molecule has 44 heavy (non-hydrogen) atoms. The van der Waals surface area contributed by atoms with Crippen molar-refractivity contribution in [3.8, 4) is 28.7 Å². The molecule has 2 heterocycles. The molecule has 0 saturated carbocycles. The summed E-state index contributed by atoms with van der Waals surface area (Å²) < 4.78 is 11.7. The molecular weight excluding hydrogens is 570 g/mol. The number of aromatic hydroxyl groups is 1. The van der Waals surface area contributed by atoms with Gasteiger partial charge in [-0.25, -0.2) is 9.97 Å². The highest BCUT2D eigenvalue weighted by atomic mass is 16.6. The number of non-ortho nitro benzene ring substituents is 2. The Morgan fingerprint density at radius 1 is 0.727 bits per heavy atom. The predicted molar refractivity (Wildman–Crippen MR) is 160 cm³/mol. The van der Waals surface area contributed by atoms with Crippen molar-refractivity contribution in [3.05, 3.63) is 105 Å². The van der Waals surface area contributed by atoms with Crippen LogP contribution in [0.15, 0.2) is 104 Å². The summed E-state index contributed by atoms with van der Waals surface area (Å²) in [4.78, 5) is 30.3. The highest BCUT2D eigenvalue weighted by Gasteiger charge is 2.21. The third-order valence-corrected chi connectivity index (χ3v) is 6.89. The molecule has 0 amide bonds. The number of benzene rings is 5. The van der Waals surface area contributed by atoms with Gasteiger partial charge in [0.25, 0.3) is 11.4 Å². The lowest BCUT2D eigenvalue weighted by Gasteiger charge is -2.09. The van der Waals surface area contributed by atoms with E-state index in [2.05, 4.69) is 20.2 Å². The monoisotopic (exact) mass is 587 g/mol. The van der Waals surface area contributed by atoms with Gasteiger partial charge in [0, 0.05) is 28.8 Å². The summed E-state index contributed by atoms with van der Waals surface area (Å²) in [5, 5.41) is 43.6. The zero-order chi connectivity index (χ0) is 30.5. The van der Waals surface area contributed by atoms with E-state index in [1.54, 1.807) is 48.5 Å². The Labute approximate surface area is 245 Å². The molecule has 0 bridgehead atoms. The average Bonchev–Trinajstić information content (AvgIpc) is 3.64. The quantitative estimate of drug-likeness (QED) is 0.0828. The second-order valence-electron chi connectivity index (χ2n) is 9.71. The van der Waals surface area contributed by atoms with Crippen molar-refractivity contribution < 1.29 is 23.8 Å². The highest BCUT2D eigenvalue weighted by molar-refractivity contribution is 6.02. The van der Waals surface area contributed by atoms with Crippen molar-refractivity contribution in [2.45, 2.75) is 0 Å². The number of fused-ring (bicyclic) bond motifs is 3. The lowest BCUT2D eigenvalue weighted by Crippen LogP contribution is -1.86. The number of oxazole rings is 2. The molecule has 14 heteroatoms. The van der Waals surface area contributed by atoms with E-state index >= 15 is 0 Å². The van der Waals surface area contributed by atoms with E-state index in [4.69, 9.17) is 14.6 Å². The molecule has 0 aliphatic rings. The van der Waals surface area contributed by atoms with Crippen LogP contribution in [0.2, 0.25) is 0 Å². The number of hydrogen-bond acceptors (Lipinski definition) is 12. The summed E-state index contributed by atoms with van der Waals surface area (Å²) in [6, 6.07) is 21.6. The number of nitrogens with two attached hydrogens (primary N) is 1. The van der Waals surface area contributed by atoms with Gasteiger partial charge in [-0.05, 0) is 60.0 Å². The third-order valence-electron chi connectivity index (χ3n) is 6.89. The van der Waals surface area contributed by atoms with Crippen LogP contribution in [0.1, 0.15) is 0 Å². The van der Waals surface area contributed by atoms with Crippen LogP contribution in [-0.2, 0) is 0 Å². The van der Waals surface area contributed by atoms with Crippen LogP contribution in [0.5, 0.6) is 5.75 Å². The fourth-order valence-electron chi connectivity index (χ4n) is 4.72. The van der Waals surface area contributed by atoms with Gasteiger partial charge in [-0.1, -0.05) is 6.07 Å². The molecule has 0 saturated heterocycles. The number of phenolic OH excluding ortho intramolecular Hbond substituents is 1. The maximum Gasteiger partial charge on any atom is 0.273 e. The summed E-state index contributed by atoms with van der Waals surface area (Å²) in [6.07, 6.45) is 0. The van der Waals surface area contributed by atoms with E-state index in [-0.39, 0.29) is 51.3 Å². The van der Waals surface area contributed by atoms with Gasteiger partial charge in [-0.2, -0.15) is 5.11 Å². The van der Waals surface area contributed by atoms with E-state index < -0.39 is 9.85 Å². The number of aromatic nitrogens is 2. The van der Waals surface area contributed by atoms with Crippen LogP contribution in [0.4, 0.5) is 28.4 Å². The second kappa shape index (κ2) is 9.99. The van der Waals surface area contributed by atoms with Gasteiger partial charge in [0.15, 0.2) is 16.9 Å². The van der Waals surface area contributed by atoms with Gasteiger partial charge in [0.1, 0.15) is 16.7 Å². The second-order valence-corrected chi connectivity index (χ2v) is 9.71. The molecule has 14 nitrogen and oxygen atoms in total. The van der Waals surface area contributed by atoms with Crippen LogP contribution in [0.3, 0.4) is 0 Å². The topological polar surface area (TPSA) is 209 Å². The average molecular weight is 588 g/mol. The first-order chi connectivity index (χ1) is 21.2. The van der Waals surface area contributed by atoms with Crippen molar-refractivity contribution in [2.75, 3.05) is 5.73 Å². The van der Waals surface area contributed by atoms with Gasteiger partial charge in [-0.3, -0.25) is 20.2 Å². The van der Waals surface area contributed by atoms with E-state index in [9.17, 15) is 25.3 Å². The first kappa shape index (κ1) is 26.2. The molecule has 0 atom stereocenters. The van der Waals surface area contributed by atoms with Crippen molar-refractivity contribution >= 4 is 61.4 Å². The zero-order valence-electron chi connectivity index (χ0n) is 22.2. The number of anilines is 1. The molecule has 0 radical (unpaired) electrons. The van der Waals surface area contributed by atoms with E-state index in [0.29, 0.717) is 38.7 Å². The van der Waals surface area contributed by atoms with Gasteiger partial charge in [-0.15, -0.1) is 5.11 Å². The van der Waals surface area contributed by atoms with Gasteiger partial charge in [0.05, 0.1) is 33.2 Å². The summed E-state index contributed by atoms with van der Waals surface area (Å²) in [6.45, 7) is 0. The Morgan fingerprint density at radius 2 is 1.34 bits per heavy atom. The summed E-state index contributed by atoms with van der Waals surface area (Å²) >= 11 is 0. The highest BCUT2D eigenvalue weighted by Crippen LogP contribution is 2.45. The maximum atomic E-state index is 11.4. The Kier molecular flexibility index (Phi) is 5.95. The minimum Gasteiger partial charge on any atom is -0.505 e. The first-order valence-corrected chi connectivity index (χ1v) is 12.9. The molecule has 7 aromatic rings. The molecule has 0 fully saturated rings. The molecular formula is C30H17N7O7. The van der Waals surface area contributed by atoms with E-state index in [1.165, 1.54) is 36.4 Å². The van der Waals surface area contributed by atoms with Crippen molar-refractivity contribution in [1.29, 1.82) is 0 Å². The van der Waals surface area contributed by atoms with Crippen LogP contribution in [0.25, 0.3) is 55.9 Å². The van der Waals surface area contributed by atoms with Gasteiger partial charge >= 0.3 is 0 Å². The lowest BCUT2D eigenvalue weighted by molar-refractivity contribution is -0.384. The number of azo groups is 1. The van der Waals surface area contributed by atoms with Crippen LogP contribution in [0, 0.1) is 20.2 Å². The Hall–Kier alpha value is -6.70. The normalized spacial score (nSPS) is 11.6. The minimum atomic E-state index is -0.545. The molecule has 3 N–H and O–H groups in total. The Bertz CT molecular complexity index is 2330. The standard InChI is InChI=1S/C30H17N7O7/c31-17-2-4-18(5-3-17)34-35-27-21-8-1-15(29-32-23-9-6-19(36(39)40)13-25(23)43-29)11-16(21)12-22(28(27)38)30-33-24-10-7-20(37(41)42)14-26(24)44-30/h1-14,38H,31H2. The number of rotatable bonds is 6. The van der Waals surface area contributed by atoms with Crippen LogP contribution in [-0.4, -0.2) is 24.9 Å². The van der Waals surface area contributed by atoms with Crippen molar-refractivity contribution in [2.24, 2.45) is 10.2 Å². The molecule has 214 valence electrons. The molecule has 0 aliphatic heterocycles. The molecule has 2 aromatic heterocycles. The van der Waals surface area contributed by atoms with Crippen molar-refractivity contribution in [3.63, 3.8) is 0 Å². The SMILES string of the molecule is Nc1ccc(N=Nc2c(O)c(-c3nc4ccc([N+](=O)[O-])cc4o3)cc3cc(-c4nc5ccc([N+](=O)[O-])cc5o4)ccc23)cc1. The summed E-state index contributed by atoms with van der Waals surface area (Å²) in [5.74, 6) is -0.0562. The number of nitrogen functional groups attached to an aromatic ring is 1.